The molecule has 2 aromatic heterocycles. The van der Waals surface area contributed by atoms with E-state index in [0.717, 1.165) is 16.4 Å². The van der Waals surface area contributed by atoms with E-state index in [2.05, 4.69) is 30.7 Å². The van der Waals surface area contributed by atoms with Gasteiger partial charge in [0.2, 0.25) is 5.13 Å². The predicted octanol–water partition coefficient (Wildman–Crippen LogP) is 4.13. The third-order valence-electron chi connectivity index (χ3n) is 2.85. The van der Waals surface area contributed by atoms with Crippen LogP contribution in [0.5, 0.6) is 0 Å². The molecule has 120 valence electrons. The number of para-hydroxylation sites is 1. The zero-order valence-corrected chi connectivity index (χ0v) is 13.3. The van der Waals surface area contributed by atoms with Gasteiger partial charge in [0, 0.05) is 6.07 Å². The van der Waals surface area contributed by atoms with Crippen molar-refractivity contribution in [3.05, 3.63) is 52.7 Å². The van der Waals surface area contributed by atoms with E-state index >= 15 is 0 Å². The van der Waals surface area contributed by atoms with E-state index in [9.17, 15) is 10.1 Å². The number of nitro groups is 1. The highest BCUT2D eigenvalue weighted by Gasteiger charge is 2.04. The fourth-order valence-corrected chi connectivity index (χ4v) is 2.53. The van der Waals surface area contributed by atoms with Crippen LogP contribution in [0.3, 0.4) is 0 Å². The number of aromatic nitrogens is 2. The van der Waals surface area contributed by atoms with Crippen molar-refractivity contribution in [2.45, 2.75) is 6.92 Å². The smallest absolute Gasteiger partial charge is 0.260 e. The lowest BCUT2D eigenvalue weighted by Crippen LogP contribution is -1.97. The maximum absolute atomic E-state index is 10.5. The van der Waals surface area contributed by atoms with Gasteiger partial charge in [-0.25, -0.2) is 9.97 Å². The molecule has 0 saturated heterocycles. The molecule has 0 fully saturated rings. The zero-order chi connectivity index (χ0) is 16.9. The summed E-state index contributed by atoms with van der Waals surface area (Å²) in [5, 5.41) is 23.1. The summed E-state index contributed by atoms with van der Waals surface area (Å²) in [6.45, 7) is 1.66. The Balaban J connectivity index is 1.66. The second kappa shape index (κ2) is 6.87. The van der Waals surface area contributed by atoms with Crippen LogP contribution in [0.1, 0.15) is 6.92 Å². The monoisotopic (exact) mass is 341 g/mol. The van der Waals surface area contributed by atoms with Crippen molar-refractivity contribution in [2.24, 2.45) is 15.3 Å². The van der Waals surface area contributed by atoms with Crippen LogP contribution < -0.4 is 5.43 Å². The van der Waals surface area contributed by atoms with Crippen LogP contribution in [0.15, 0.2) is 57.9 Å². The van der Waals surface area contributed by atoms with Crippen molar-refractivity contribution in [2.75, 3.05) is 5.43 Å². The summed E-state index contributed by atoms with van der Waals surface area (Å²) in [7, 11) is 0. The molecule has 0 radical (unpaired) electrons. The first-order valence-electron chi connectivity index (χ1n) is 6.80. The van der Waals surface area contributed by atoms with E-state index < -0.39 is 4.92 Å². The standard InChI is InChI=1S/C14H11N7O2S/c1-9(17-19-13-7-6-10(8-15-13)21(22)23)18-20-14-16-11-4-2-3-5-12(11)24-14/h2-8H,1H3,(H,15,19). The molecule has 0 saturated carbocycles. The quantitative estimate of drug-likeness (QED) is 0.252. The summed E-state index contributed by atoms with van der Waals surface area (Å²) >= 11 is 1.43. The molecular weight excluding hydrogens is 330 g/mol. The average Bonchev–Trinajstić information content (AvgIpc) is 3.01. The highest BCUT2D eigenvalue weighted by atomic mass is 32.1. The summed E-state index contributed by atoms with van der Waals surface area (Å²) in [4.78, 5) is 18.2. The summed E-state index contributed by atoms with van der Waals surface area (Å²) in [6, 6.07) is 10.5. The fourth-order valence-electron chi connectivity index (χ4n) is 1.74. The Morgan fingerprint density at radius 2 is 2.12 bits per heavy atom. The number of fused-ring (bicyclic) bond motifs is 1. The molecule has 1 aromatic carbocycles. The van der Waals surface area contributed by atoms with Gasteiger partial charge in [0.05, 0.1) is 15.1 Å². The molecule has 0 aliphatic carbocycles. The van der Waals surface area contributed by atoms with Crippen LogP contribution in [0.4, 0.5) is 16.6 Å². The molecule has 24 heavy (non-hydrogen) atoms. The highest BCUT2D eigenvalue weighted by molar-refractivity contribution is 7.21. The number of hydrogen-bond acceptors (Lipinski definition) is 8. The zero-order valence-electron chi connectivity index (χ0n) is 12.4. The number of hydrogen-bond donors (Lipinski definition) is 1. The maximum Gasteiger partial charge on any atom is 0.287 e. The Labute approximate surface area is 139 Å². The Hall–Kier alpha value is -3.27. The van der Waals surface area contributed by atoms with Gasteiger partial charge in [-0.2, -0.15) is 5.10 Å². The number of azo groups is 1. The number of thiazole rings is 1. The van der Waals surface area contributed by atoms with Crippen LogP contribution in [0.2, 0.25) is 0 Å². The molecule has 0 aliphatic heterocycles. The summed E-state index contributed by atoms with van der Waals surface area (Å²) in [5.74, 6) is 0.740. The second-order valence-electron chi connectivity index (χ2n) is 4.59. The van der Waals surface area contributed by atoms with Gasteiger partial charge in [0.25, 0.3) is 5.69 Å². The first-order valence-corrected chi connectivity index (χ1v) is 7.61. The van der Waals surface area contributed by atoms with E-state index in [0.29, 0.717) is 16.8 Å². The summed E-state index contributed by atoms with van der Waals surface area (Å²) < 4.78 is 1.04. The van der Waals surface area contributed by atoms with Gasteiger partial charge in [0.15, 0.2) is 5.84 Å². The normalized spacial score (nSPS) is 12.0. The first-order chi connectivity index (χ1) is 11.6. The SMILES string of the molecule is CC(N=Nc1nc2ccccc2s1)=NNc1ccc([N+](=O)[O-])cn1. The Morgan fingerprint density at radius 1 is 1.29 bits per heavy atom. The number of rotatable bonds is 4. The first kappa shape index (κ1) is 15.6. The minimum absolute atomic E-state index is 0.0863. The Bertz CT molecular complexity index is 901. The molecule has 0 aliphatic rings. The molecule has 0 atom stereocenters. The van der Waals surface area contributed by atoms with Gasteiger partial charge in [-0.05, 0) is 25.1 Å². The van der Waals surface area contributed by atoms with Gasteiger partial charge < -0.3 is 0 Å². The molecule has 0 bridgehead atoms. The summed E-state index contributed by atoms with van der Waals surface area (Å²) in [5.41, 5.74) is 3.44. The number of pyridine rings is 1. The molecule has 0 unspecified atom stereocenters. The minimum atomic E-state index is -0.516. The minimum Gasteiger partial charge on any atom is -0.260 e. The van der Waals surface area contributed by atoms with Crippen molar-refractivity contribution in [3.63, 3.8) is 0 Å². The van der Waals surface area contributed by atoms with Gasteiger partial charge in [-0.15, -0.1) is 10.2 Å². The Kier molecular flexibility index (Phi) is 4.47. The van der Waals surface area contributed by atoms with Gasteiger partial charge >= 0.3 is 0 Å². The van der Waals surface area contributed by atoms with Crippen molar-refractivity contribution in [1.29, 1.82) is 0 Å². The van der Waals surface area contributed by atoms with Crippen molar-refractivity contribution >= 4 is 44.0 Å². The van der Waals surface area contributed by atoms with Crippen molar-refractivity contribution in [3.8, 4) is 0 Å². The molecule has 0 spiro atoms. The average molecular weight is 341 g/mol. The van der Waals surface area contributed by atoms with E-state index in [1.54, 1.807) is 6.92 Å². The molecule has 10 heteroatoms. The molecule has 3 rings (SSSR count). The molecule has 1 N–H and O–H groups in total. The number of nitrogens with zero attached hydrogens (tertiary/aromatic N) is 6. The van der Waals surface area contributed by atoms with Crippen LogP contribution in [-0.4, -0.2) is 20.7 Å². The van der Waals surface area contributed by atoms with Crippen LogP contribution in [0.25, 0.3) is 10.2 Å². The number of nitrogens with one attached hydrogen (secondary N) is 1. The van der Waals surface area contributed by atoms with Gasteiger partial charge in [-0.3, -0.25) is 15.5 Å². The fraction of sp³-hybridized carbons (Fsp3) is 0.0714. The predicted molar refractivity (Wildman–Crippen MR) is 91.8 cm³/mol. The van der Waals surface area contributed by atoms with E-state index in [1.807, 2.05) is 24.3 Å². The highest BCUT2D eigenvalue weighted by Crippen LogP contribution is 2.27. The van der Waals surface area contributed by atoms with E-state index in [4.69, 9.17) is 0 Å². The van der Waals surface area contributed by atoms with Gasteiger partial charge in [0.1, 0.15) is 12.0 Å². The van der Waals surface area contributed by atoms with Crippen LogP contribution in [-0.2, 0) is 0 Å². The number of benzene rings is 1. The molecule has 9 nitrogen and oxygen atoms in total. The van der Waals surface area contributed by atoms with Crippen molar-refractivity contribution in [1.82, 2.24) is 9.97 Å². The van der Waals surface area contributed by atoms with Crippen molar-refractivity contribution < 1.29 is 4.92 Å². The molecule has 3 aromatic rings. The number of hydrazone groups is 1. The number of amidine groups is 1. The third kappa shape index (κ3) is 3.73. The van der Waals surface area contributed by atoms with Crippen LogP contribution >= 0.6 is 11.3 Å². The topological polar surface area (TPSA) is 118 Å². The molecular formula is C14H11N7O2S. The molecule has 0 amide bonds. The molecule has 2 heterocycles. The lowest BCUT2D eigenvalue weighted by Gasteiger charge is -1.98. The Morgan fingerprint density at radius 3 is 2.83 bits per heavy atom. The lowest BCUT2D eigenvalue weighted by atomic mass is 10.3. The summed E-state index contributed by atoms with van der Waals surface area (Å²) in [6.07, 6.45) is 1.15. The lowest BCUT2D eigenvalue weighted by molar-refractivity contribution is -0.385. The largest absolute Gasteiger partial charge is 0.287 e. The van der Waals surface area contributed by atoms with Crippen LogP contribution in [0, 0.1) is 10.1 Å². The van der Waals surface area contributed by atoms with E-state index in [1.165, 1.54) is 23.5 Å². The number of anilines is 1. The third-order valence-corrected chi connectivity index (χ3v) is 3.77. The second-order valence-corrected chi connectivity index (χ2v) is 5.60. The van der Waals surface area contributed by atoms with Gasteiger partial charge in [-0.1, -0.05) is 23.5 Å². The maximum atomic E-state index is 10.5. The van der Waals surface area contributed by atoms with E-state index in [-0.39, 0.29) is 5.69 Å².